The van der Waals surface area contributed by atoms with Gasteiger partial charge in [-0.1, -0.05) is 36.4 Å². The lowest BCUT2D eigenvalue weighted by Crippen LogP contribution is -2.45. The van der Waals surface area contributed by atoms with Crippen LogP contribution in [0.3, 0.4) is 0 Å². The van der Waals surface area contributed by atoms with Gasteiger partial charge in [0.05, 0.1) is 0 Å². The maximum absolute atomic E-state index is 12.8. The van der Waals surface area contributed by atoms with Crippen LogP contribution in [-0.2, 0) is 11.2 Å². The zero-order valence-corrected chi connectivity index (χ0v) is 14.2. The molecular formula is C20H21N3O2. The maximum Gasteiger partial charge on any atom is 0.322 e. The Labute approximate surface area is 147 Å². The van der Waals surface area contributed by atoms with Crippen molar-refractivity contribution in [3.8, 4) is 0 Å². The topological polar surface area (TPSA) is 61.4 Å². The molecule has 4 rings (SSSR count). The minimum absolute atomic E-state index is 0.00190. The average molecular weight is 335 g/mol. The molecule has 0 radical (unpaired) electrons. The number of nitrogens with zero attached hydrogens (tertiary/aromatic N) is 1. The summed E-state index contributed by atoms with van der Waals surface area (Å²) in [6.07, 6.45) is 1.27. The summed E-state index contributed by atoms with van der Waals surface area (Å²) in [6, 6.07) is 15.8. The van der Waals surface area contributed by atoms with Gasteiger partial charge in [0, 0.05) is 36.3 Å². The predicted octanol–water partition coefficient (Wildman–Crippen LogP) is 3.27. The van der Waals surface area contributed by atoms with Gasteiger partial charge in [0.25, 0.3) is 0 Å². The second kappa shape index (κ2) is 6.24. The Bertz CT molecular complexity index is 833. The van der Waals surface area contributed by atoms with Crippen molar-refractivity contribution in [1.82, 2.24) is 5.32 Å². The van der Waals surface area contributed by atoms with Crippen molar-refractivity contribution in [2.24, 2.45) is 0 Å². The number of urea groups is 1. The quantitative estimate of drug-likeness (QED) is 0.885. The second-order valence-corrected chi connectivity index (χ2v) is 6.77. The van der Waals surface area contributed by atoms with Crippen molar-refractivity contribution in [3.05, 3.63) is 59.7 Å². The van der Waals surface area contributed by atoms with E-state index in [1.165, 1.54) is 5.56 Å². The third-order valence-corrected chi connectivity index (χ3v) is 5.03. The molecule has 0 unspecified atom stereocenters. The van der Waals surface area contributed by atoms with Gasteiger partial charge < -0.3 is 10.6 Å². The molecule has 25 heavy (non-hydrogen) atoms. The fraction of sp³-hybridized carbons (Fsp3) is 0.300. The molecule has 0 bridgehead atoms. The SMILES string of the molecule is C[C@@H]1Cc2ccccc2N1C(=O)NC[C@@H]1CC(=O)Nc2ccccc21. The molecule has 3 amide bonds. The van der Waals surface area contributed by atoms with Gasteiger partial charge in [-0.2, -0.15) is 0 Å². The van der Waals surface area contributed by atoms with Crippen LogP contribution in [-0.4, -0.2) is 24.5 Å². The molecule has 0 aliphatic carbocycles. The highest BCUT2D eigenvalue weighted by molar-refractivity contribution is 5.96. The van der Waals surface area contributed by atoms with Crippen LogP contribution in [0.25, 0.3) is 0 Å². The van der Waals surface area contributed by atoms with Crippen LogP contribution in [0.2, 0.25) is 0 Å². The normalized spacial score (nSPS) is 21.3. The van der Waals surface area contributed by atoms with E-state index in [0.29, 0.717) is 13.0 Å². The predicted molar refractivity (Wildman–Crippen MR) is 97.9 cm³/mol. The molecule has 2 heterocycles. The molecule has 0 spiro atoms. The number of carbonyl (C=O) groups is 2. The molecule has 2 aromatic carbocycles. The molecule has 2 aromatic rings. The first kappa shape index (κ1) is 15.7. The van der Waals surface area contributed by atoms with Crippen LogP contribution in [0.5, 0.6) is 0 Å². The Morgan fingerprint density at radius 3 is 2.80 bits per heavy atom. The minimum atomic E-state index is -0.0964. The van der Waals surface area contributed by atoms with Crippen LogP contribution >= 0.6 is 0 Å². The van der Waals surface area contributed by atoms with Gasteiger partial charge in [0.2, 0.25) is 5.91 Å². The molecule has 0 aromatic heterocycles. The molecule has 0 saturated carbocycles. The summed E-state index contributed by atoms with van der Waals surface area (Å²) in [5.74, 6) is -0.000104. The van der Waals surface area contributed by atoms with Crippen LogP contribution < -0.4 is 15.5 Å². The fourth-order valence-electron chi connectivity index (χ4n) is 3.85. The van der Waals surface area contributed by atoms with E-state index >= 15 is 0 Å². The van der Waals surface area contributed by atoms with Gasteiger partial charge in [-0.05, 0) is 36.6 Å². The first-order valence-electron chi connectivity index (χ1n) is 8.67. The number of rotatable bonds is 2. The molecule has 128 valence electrons. The lowest BCUT2D eigenvalue weighted by atomic mass is 9.90. The molecular weight excluding hydrogens is 314 g/mol. The summed E-state index contributed by atoms with van der Waals surface area (Å²) in [6.45, 7) is 2.51. The van der Waals surface area contributed by atoms with Crippen molar-refractivity contribution in [2.45, 2.75) is 31.7 Å². The molecule has 0 saturated heterocycles. The van der Waals surface area contributed by atoms with Gasteiger partial charge in [-0.3, -0.25) is 9.69 Å². The Hall–Kier alpha value is -2.82. The first-order valence-corrected chi connectivity index (χ1v) is 8.67. The lowest BCUT2D eigenvalue weighted by molar-refractivity contribution is -0.116. The van der Waals surface area contributed by atoms with Gasteiger partial charge in [-0.15, -0.1) is 0 Å². The third-order valence-electron chi connectivity index (χ3n) is 5.03. The van der Waals surface area contributed by atoms with E-state index in [9.17, 15) is 9.59 Å². The fourth-order valence-corrected chi connectivity index (χ4v) is 3.85. The van der Waals surface area contributed by atoms with Crippen molar-refractivity contribution in [3.63, 3.8) is 0 Å². The van der Waals surface area contributed by atoms with E-state index in [-0.39, 0.29) is 23.9 Å². The van der Waals surface area contributed by atoms with Crippen molar-refractivity contribution >= 4 is 23.3 Å². The number of anilines is 2. The number of amides is 3. The van der Waals surface area contributed by atoms with Crippen LogP contribution in [0.1, 0.15) is 30.4 Å². The molecule has 2 N–H and O–H groups in total. The van der Waals surface area contributed by atoms with E-state index in [4.69, 9.17) is 0 Å². The summed E-state index contributed by atoms with van der Waals surface area (Å²) in [7, 11) is 0. The number of nitrogens with one attached hydrogen (secondary N) is 2. The number of carbonyl (C=O) groups excluding carboxylic acids is 2. The highest BCUT2D eigenvalue weighted by Crippen LogP contribution is 2.33. The second-order valence-electron chi connectivity index (χ2n) is 6.77. The highest BCUT2D eigenvalue weighted by atomic mass is 16.2. The van der Waals surface area contributed by atoms with Gasteiger partial charge in [0.15, 0.2) is 0 Å². The molecule has 2 aliphatic heterocycles. The number of benzene rings is 2. The van der Waals surface area contributed by atoms with Crippen LogP contribution in [0.15, 0.2) is 48.5 Å². The Kier molecular flexibility index (Phi) is 3.92. The minimum Gasteiger partial charge on any atom is -0.337 e. The number of fused-ring (bicyclic) bond motifs is 2. The Morgan fingerprint density at radius 2 is 1.92 bits per heavy atom. The summed E-state index contributed by atoms with van der Waals surface area (Å²) < 4.78 is 0. The van der Waals surface area contributed by atoms with Crippen molar-refractivity contribution < 1.29 is 9.59 Å². The molecule has 2 aliphatic rings. The first-order chi connectivity index (χ1) is 12.1. The standard InChI is InChI=1S/C20H21N3O2/c1-13-10-14-6-2-5-9-18(14)23(13)20(25)21-12-15-11-19(24)22-17-8-4-3-7-16(15)17/h2-9,13,15H,10-12H2,1H3,(H,21,25)(H,22,24)/t13-,15+/m1/s1. The van der Waals surface area contributed by atoms with Crippen molar-refractivity contribution in [1.29, 1.82) is 0 Å². The van der Waals surface area contributed by atoms with Gasteiger partial charge in [0.1, 0.15) is 0 Å². The van der Waals surface area contributed by atoms with Gasteiger partial charge in [-0.25, -0.2) is 4.79 Å². The Balaban J connectivity index is 1.49. The summed E-state index contributed by atoms with van der Waals surface area (Å²) >= 11 is 0. The van der Waals surface area contributed by atoms with E-state index in [0.717, 1.165) is 23.4 Å². The highest BCUT2D eigenvalue weighted by Gasteiger charge is 2.31. The van der Waals surface area contributed by atoms with Crippen molar-refractivity contribution in [2.75, 3.05) is 16.8 Å². The summed E-state index contributed by atoms with van der Waals surface area (Å²) in [5.41, 5.74) is 4.11. The van der Waals surface area contributed by atoms with Crippen LogP contribution in [0, 0.1) is 0 Å². The van der Waals surface area contributed by atoms with Crippen LogP contribution in [0.4, 0.5) is 16.2 Å². The largest absolute Gasteiger partial charge is 0.337 e. The number of hydrogen-bond donors (Lipinski definition) is 2. The smallest absolute Gasteiger partial charge is 0.322 e. The maximum atomic E-state index is 12.8. The lowest BCUT2D eigenvalue weighted by Gasteiger charge is -2.28. The molecule has 5 heteroatoms. The zero-order chi connectivity index (χ0) is 17.4. The number of para-hydroxylation sites is 2. The average Bonchev–Trinajstić information content (AvgIpc) is 2.95. The monoisotopic (exact) mass is 335 g/mol. The molecule has 2 atom stereocenters. The van der Waals surface area contributed by atoms with E-state index in [1.54, 1.807) is 0 Å². The van der Waals surface area contributed by atoms with E-state index in [1.807, 2.05) is 47.4 Å². The zero-order valence-electron chi connectivity index (χ0n) is 14.2. The molecule has 0 fully saturated rings. The number of hydrogen-bond acceptors (Lipinski definition) is 2. The summed E-state index contributed by atoms with van der Waals surface area (Å²) in [5, 5.41) is 5.92. The Morgan fingerprint density at radius 1 is 1.16 bits per heavy atom. The van der Waals surface area contributed by atoms with E-state index in [2.05, 4.69) is 23.6 Å². The third kappa shape index (κ3) is 2.86. The molecule has 5 nitrogen and oxygen atoms in total. The van der Waals surface area contributed by atoms with E-state index < -0.39 is 0 Å². The summed E-state index contributed by atoms with van der Waals surface area (Å²) in [4.78, 5) is 26.5. The van der Waals surface area contributed by atoms with Gasteiger partial charge >= 0.3 is 6.03 Å².